The number of aryl methyl sites for hydroxylation is 1. The molecule has 0 aliphatic carbocycles. The normalized spacial score (nSPS) is 14.3. The number of amides is 1. The maximum Gasteiger partial charge on any atom is 0.251 e. The zero-order valence-corrected chi connectivity index (χ0v) is 28.8. The van der Waals surface area contributed by atoms with Crippen molar-refractivity contribution in [2.24, 2.45) is 0 Å². The summed E-state index contributed by atoms with van der Waals surface area (Å²) in [6, 6.07) is 22.4. The second-order valence-corrected chi connectivity index (χ2v) is 13.2. The molecule has 2 heterocycles. The van der Waals surface area contributed by atoms with Crippen LogP contribution in [0.25, 0.3) is 21.4 Å². The van der Waals surface area contributed by atoms with Crippen molar-refractivity contribution in [1.82, 2.24) is 9.88 Å². The van der Waals surface area contributed by atoms with Gasteiger partial charge in [0.1, 0.15) is 10.8 Å². The summed E-state index contributed by atoms with van der Waals surface area (Å²) in [7, 11) is 0. The highest BCUT2D eigenvalue weighted by atomic mass is 32.2. The van der Waals surface area contributed by atoms with Crippen LogP contribution in [0.1, 0.15) is 43.3 Å². The molecule has 3 aromatic carbocycles. The number of fused-ring (bicyclic) bond motifs is 2. The monoisotopic (exact) mass is 657 g/mol. The lowest BCUT2D eigenvalue weighted by atomic mass is 10.1. The second kappa shape index (κ2) is 15.7. The van der Waals surface area contributed by atoms with E-state index in [2.05, 4.69) is 36.5 Å². The van der Waals surface area contributed by atoms with E-state index in [1.165, 1.54) is 0 Å². The number of nitrogens with one attached hydrogen (secondary N) is 1. The van der Waals surface area contributed by atoms with Crippen molar-refractivity contribution in [3.8, 4) is 5.75 Å². The largest absolute Gasteiger partial charge is 0.494 e. The third-order valence-electron chi connectivity index (χ3n) is 7.26. The Balaban J connectivity index is 1.53. The number of allylic oxidation sites excluding steroid dienone is 2. The summed E-state index contributed by atoms with van der Waals surface area (Å²) in [5.41, 5.74) is 5.91. The van der Waals surface area contributed by atoms with Crippen molar-refractivity contribution < 1.29 is 14.3 Å². The Morgan fingerprint density at radius 3 is 2.53 bits per heavy atom. The van der Waals surface area contributed by atoms with Gasteiger partial charge < -0.3 is 19.7 Å². The smallest absolute Gasteiger partial charge is 0.251 e. The minimum absolute atomic E-state index is 0.0810. The van der Waals surface area contributed by atoms with Crippen molar-refractivity contribution in [3.63, 3.8) is 0 Å². The first-order chi connectivity index (χ1) is 21.9. The summed E-state index contributed by atoms with van der Waals surface area (Å²) in [6.07, 6.45) is 6.50. The van der Waals surface area contributed by atoms with Crippen LogP contribution in [0.5, 0.6) is 5.75 Å². The number of rotatable bonds is 13. The van der Waals surface area contributed by atoms with Gasteiger partial charge in [-0.15, -0.1) is 23.1 Å². The molecule has 0 atom stereocenters. The predicted molar refractivity (Wildman–Crippen MR) is 193 cm³/mol. The highest BCUT2D eigenvalue weighted by Crippen LogP contribution is 2.45. The zero-order chi connectivity index (χ0) is 31.8. The minimum atomic E-state index is -0.0810. The standard InChI is InChI=1S/C36H39N3O3S3/c1-6-39(36(43-5)27(18-19-41-7-2)35-38-28-16-12-13-17-31(28)45-35)34(40)22-26(25-14-10-9-11-15-25)21-33-37-29-23-30(42-8-3)24(4)20-32(29)44-33/h9-17,20-23,37H,6-8,18-19H2,1-5H3/b26-22+,33-21?,36-27-. The maximum absolute atomic E-state index is 14.2. The number of carbonyl (C=O) groups excluding carboxylic acids is 1. The van der Waals surface area contributed by atoms with E-state index in [4.69, 9.17) is 14.5 Å². The van der Waals surface area contributed by atoms with Crippen molar-refractivity contribution >= 4 is 67.8 Å². The molecule has 0 saturated heterocycles. The van der Waals surface area contributed by atoms with Gasteiger partial charge >= 0.3 is 0 Å². The number of anilines is 1. The minimum Gasteiger partial charge on any atom is -0.494 e. The van der Waals surface area contributed by atoms with Gasteiger partial charge in [-0.2, -0.15) is 0 Å². The highest BCUT2D eigenvalue weighted by molar-refractivity contribution is 8.03. The third kappa shape index (κ3) is 7.84. The molecule has 0 unspecified atom stereocenters. The van der Waals surface area contributed by atoms with Crippen LogP contribution in [0.2, 0.25) is 0 Å². The van der Waals surface area contributed by atoms with Crippen LogP contribution in [0.15, 0.2) is 93.8 Å². The molecule has 234 valence electrons. The van der Waals surface area contributed by atoms with E-state index in [9.17, 15) is 4.79 Å². The summed E-state index contributed by atoms with van der Waals surface area (Å²) < 4.78 is 12.7. The molecule has 1 aromatic heterocycles. The summed E-state index contributed by atoms with van der Waals surface area (Å²) in [6.45, 7) is 10.4. The molecule has 1 aliphatic rings. The summed E-state index contributed by atoms with van der Waals surface area (Å²) >= 11 is 4.90. The number of hydrogen-bond acceptors (Lipinski definition) is 8. The average Bonchev–Trinajstić information content (AvgIpc) is 3.66. The van der Waals surface area contributed by atoms with Crippen LogP contribution < -0.4 is 10.1 Å². The first-order valence-corrected chi connectivity index (χ1v) is 18.0. The van der Waals surface area contributed by atoms with E-state index in [1.54, 1.807) is 40.9 Å². The lowest BCUT2D eigenvalue weighted by molar-refractivity contribution is -0.123. The van der Waals surface area contributed by atoms with E-state index in [-0.39, 0.29) is 5.91 Å². The Morgan fingerprint density at radius 2 is 1.82 bits per heavy atom. The van der Waals surface area contributed by atoms with Gasteiger partial charge in [0.2, 0.25) is 0 Å². The van der Waals surface area contributed by atoms with Gasteiger partial charge in [0.25, 0.3) is 5.91 Å². The molecule has 0 radical (unpaired) electrons. The predicted octanol–water partition coefficient (Wildman–Crippen LogP) is 9.45. The number of hydrogen-bond donors (Lipinski definition) is 1. The number of para-hydroxylation sites is 1. The molecule has 1 aliphatic heterocycles. The SMILES string of the molecule is CCOCC/C(=C(/SC)N(CC)C(=O)/C=C(\C=C1Nc2cc(OCC)c(C)cc2S1)c1ccccc1)c1nc2ccccc2s1. The molecule has 0 spiro atoms. The van der Waals surface area contributed by atoms with Gasteiger partial charge in [0, 0.05) is 42.2 Å². The van der Waals surface area contributed by atoms with E-state index < -0.39 is 0 Å². The van der Waals surface area contributed by atoms with E-state index in [0.29, 0.717) is 32.8 Å². The number of nitrogens with zero attached hydrogens (tertiary/aromatic N) is 2. The van der Waals surface area contributed by atoms with E-state index in [0.717, 1.165) is 63.9 Å². The Bertz CT molecular complexity index is 1710. The number of carbonyl (C=O) groups is 1. The van der Waals surface area contributed by atoms with Crippen molar-refractivity contribution in [1.29, 1.82) is 0 Å². The fraction of sp³-hybridized carbons (Fsp3) is 0.278. The molecule has 1 N–H and O–H groups in total. The molecule has 45 heavy (non-hydrogen) atoms. The molecule has 4 aromatic rings. The molecule has 0 bridgehead atoms. The maximum atomic E-state index is 14.2. The number of aromatic nitrogens is 1. The zero-order valence-electron chi connectivity index (χ0n) is 26.4. The van der Waals surface area contributed by atoms with Crippen molar-refractivity contribution in [3.05, 3.63) is 105 Å². The van der Waals surface area contributed by atoms with Crippen molar-refractivity contribution in [2.45, 2.75) is 39.0 Å². The first-order valence-electron chi connectivity index (χ1n) is 15.2. The highest BCUT2D eigenvalue weighted by Gasteiger charge is 2.23. The molecule has 5 rings (SSSR count). The third-order valence-corrected chi connectivity index (χ3v) is 10.2. The molecule has 1 amide bonds. The average molecular weight is 658 g/mol. The fourth-order valence-electron chi connectivity index (χ4n) is 5.11. The van der Waals surface area contributed by atoms with Gasteiger partial charge in [-0.3, -0.25) is 4.79 Å². The number of likely N-dealkylation sites (N-methyl/N-ethyl adjacent to an activating group) is 1. The van der Waals surface area contributed by atoms with Crippen LogP contribution >= 0.6 is 34.9 Å². The van der Waals surface area contributed by atoms with Crippen LogP contribution in [0.4, 0.5) is 5.69 Å². The number of ether oxygens (including phenoxy) is 2. The molecule has 9 heteroatoms. The molecular formula is C36H39N3O3S3. The number of benzene rings is 3. The Hall–Kier alpha value is -3.50. The Kier molecular flexibility index (Phi) is 11.5. The summed E-state index contributed by atoms with van der Waals surface area (Å²) in [5, 5.41) is 6.31. The quantitative estimate of drug-likeness (QED) is 0.114. The van der Waals surface area contributed by atoms with Gasteiger partial charge in [-0.25, -0.2) is 4.98 Å². The van der Waals surface area contributed by atoms with Gasteiger partial charge in [0.15, 0.2) is 0 Å². The number of thioether (sulfide) groups is 2. The van der Waals surface area contributed by atoms with Crippen LogP contribution in [-0.4, -0.2) is 48.4 Å². The van der Waals surface area contributed by atoms with Gasteiger partial charge in [-0.1, -0.05) is 54.2 Å². The molecular weight excluding hydrogens is 619 g/mol. The first kappa shape index (κ1) is 32.9. The molecule has 0 saturated carbocycles. The summed E-state index contributed by atoms with van der Waals surface area (Å²) in [5.74, 6) is 0.797. The Labute approximate surface area is 278 Å². The lowest BCUT2D eigenvalue weighted by Crippen LogP contribution is -2.28. The Morgan fingerprint density at radius 1 is 1.04 bits per heavy atom. The van der Waals surface area contributed by atoms with Crippen molar-refractivity contribution in [2.75, 3.05) is 37.9 Å². The van der Waals surface area contributed by atoms with Gasteiger partial charge in [0.05, 0.1) is 39.2 Å². The topological polar surface area (TPSA) is 63.7 Å². The molecule has 6 nitrogen and oxygen atoms in total. The van der Waals surface area contributed by atoms with E-state index >= 15 is 0 Å². The van der Waals surface area contributed by atoms with Crippen LogP contribution in [0.3, 0.4) is 0 Å². The lowest BCUT2D eigenvalue weighted by Gasteiger charge is -2.25. The molecule has 0 fully saturated rings. The van der Waals surface area contributed by atoms with Gasteiger partial charge in [-0.05, 0) is 74.9 Å². The van der Waals surface area contributed by atoms with Crippen LogP contribution in [0, 0.1) is 6.92 Å². The second-order valence-electron chi connectivity index (χ2n) is 10.3. The number of thiazole rings is 1. The van der Waals surface area contributed by atoms with Crippen LogP contribution in [-0.2, 0) is 9.53 Å². The van der Waals surface area contributed by atoms with E-state index in [1.807, 2.05) is 80.5 Å². The summed E-state index contributed by atoms with van der Waals surface area (Å²) in [4.78, 5) is 22.2. The fourth-order valence-corrected chi connectivity index (χ4v) is 8.14.